The van der Waals surface area contributed by atoms with E-state index in [2.05, 4.69) is 12.2 Å². The van der Waals surface area contributed by atoms with Crippen LogP contribution in [0.5, 0.6) is 0 Å². The second-order valence-electron chi connectivity index (χ2n) is 4.36. The molecule has 2 aromatic carbocycles. The van der Waals surface area contributed by atoms with Gasteiger partial charge in [-0.05, 0) is 23.9 Å². The molecule has 0 unspecified atom stereocenters. The molecular weight excluding hydrogens is 224 g/mol. The molecule has 94 valence electrons. The molecule has 18 heavy (non-hydrogen) atoms. The lowest BCUT2D eigenvalue weighted by Crippen LogP contribution is -2.24. The van der Waals surface area contributed by atoms with Gasteiger partial charge in [0.25, 0.3) is 5.91 Å². The first-order valence-corrected chi connectivity index (χ1v) is 6.29. The van der Waals surface area contributed by atoms with Gasteiger partial charge in [0.2, 0.25) is 0 Å². The van der Waals surface area contributed by atoms with E-state index in [1.165, 1.54) is 0 Å². The van der Waals surface area contributed by atoms with Crippen molar-refractivity contribution in [2.45, 2.75) is 19.8 Å². The van der Waals surface area contributed by atoms with E-state index >= 15 is 0 Å². The highest BCUT2D eigenvalue weighted by atomic mass is 16.1. The van der Waals surface area contributed by atoms with Crippen molar-refractivity contribution in [3.05, 3.63) is 42.0 Å². The summed E-state index contributed by atoms with van der Waals surface area (Å²) < 4.78 is 0. The molecule has 2 aromatic rings. The molecular formula is C15H18N2O. The van der Waals surface area contributed by atoms with Gasteiger partial charge in [0, 0.05) is 23.2 Å². The number of carbonyl (C=O) groups is 1. The maximum absolute atomic E-state index is 12.1. The van der Waals surface area contributed by atoms with Crippen molar-refractivity contribution in [3.8, 4) is 0 Å². The summed E-state index contributed by atoms with van der Waals surface area (Å²) in [6, 6.07) is 11.3. The molecule has 0 heterocycles. The van der Waals surface area contributed by atoms with Gasteiger partial charge in [-0.25, -0.2) is 0 Å². The highest BCUT2D eigenvalue weighted by Gasteiger charge is 2.10. The Hall–Kier alpha value is -2.03. The number of anilines is 1. The van der Waals surface area contributed by atoms with Crippen molar-refractivity contribution in [1.29, 1.82) is 0 Å². The minimum Gasteiger partial charge on any atom is -0.398 e. The van der Waals surface area contributed by atoms with Crippen LogP contribution in [0.1, 0.15) is 30.1 Å². The lowest BCUT2D eigenvalue weighted by Gasteiger charge is -2.09. The molecule has 0 atom stereocenters. The van der Waals surface area contributed by atoms with Crippen LogP contribution in [0.15, 0.2) is 36.4 Å². The van der Waals surface area contributed by atoms with Gasteiger partial charge in [-0.1, -0.05) is 37.6 Å². The first-order valence-electron chi connectivity index (χ1n) is 6.29. The van der Waals surface area contributed by atoms with Gasteiger partial charge in [-0.15, -0.1) is 0 Å². The van der Waals surface area contributed by atoms with E-state index in [0.717, 1.165) is 23.6 Å². The minimum absolute atomic E-state index is 0.0281. The normalized spacial score (nSPS) is 10.5. The molecule has 0 radical (unpaired) electrons. The first-order chi connectivity index (χ1) is 8.74. The van der Waals surface area contributed by atoms with E-state index < -0.39 is 0 Å². The molecule has 0 aromatic heterocycles. The van der Waals surface area contributed by atoms with Gasteiger partial charge >= 0.3 is 0 Å². The van der Waals surface area contributed by atoms with Gasteiger partial charge in [-0.3, -0.25) is 4.79 Å². The number of nitrogens with one attached hydrogen (secondary N) is 1. The highest BCUT2D eigenvalue weighted by molar-refractivity contribution is 6.09. The summed E-state index contributed by atoms with van der Waals surface area (Å²) in [5.41, 5.74) is 7.31. The summed E-state index contributed by atoms with van der Waals surface area (Å²) in [5.74, 6) is -0.0281. The number of hydrogen-bond donors (Lipinski definition) is 2. The van der Waals surface area contributed by atoms with Gasteiger partial charge in [0.15, 0.2) is 0 Å². The van der Waals surface area contributed by atoms with Crippen molar-refractivity contribution < 1.29 is 4.79 Å². The molecule has 3 nitrogen and oxygen atoms in total. The molecule has 0 saturated heterocycles. The number of unbranched alkanes of at least 4 members (excludes halogenated alkanes) is 1. The second kappa shape index (κ2) is 5.54. The fraction of sp³-hybridized carbons (Fsp3) is 0.267. The number of amides is 1. The van der Waals surface area contributed by atoms with Crippen LogP contribution in [0.2, 0.25) is 0 Å². The molecule has 3 N–H and O–H groups in total. The largest absolute Gasteiger partial charge is 0.398 e. The van der Waals surface area contributed by atoms with E-state index in [-0.39, 0.29) is 5.91 Å². The van der Waals surface area contributed by atoms with Crippen LogP contribution in [0.4, 0.5) is 5.69 Å². The third-order valence-electron chi connectivity index (χ3n) is 3.02. The van der Waals surface area contributed by atoms with Crippen LogP contribution in [0.3, 0.4) is 0 Å². The molecule has 3 heteroatoms. The van der Waals surface area contributed by atoms with Crippen LogP contribution in [0, 0.1) is 0 Å². The summed E-state index contributed by atoms with van der Waals surface area (Å²) in [5, 5.41) is 4.77. The molecule has 0 bridgehead atoms. The Morgan fingerprint density at radius 3 is 2.61 bits per heavy atom. The topological polar surface area (TPSA) is 55.1 Å². The van der Waals surface area contributed by atoms with E-state index in [0.29, 0.717) is 17.8 Å². The van der Waals surface area contributed by atoms with Crippen molar-refractivity contribution in [1.82, 2.24) is 5.32 Å². The Labute approximate surface area is 107 Å². The average Bonchev–Trinajstić information content (AvgIpc) is 2.39. The quantitative estimate of drug-likeness (QED) is 0.639. The third kappa shape index (κ3) is 2.45. The Morgan fingerprint density at radius 1 is 1.17 bits per heavy atom. The molecule has 0 aliphatic heterocycles. The SMILES string of the molecule is CCCCNC(=O)c1ccc(N)c2ccccc12. The maximum Gasteiger partial charge on any atom is 0.251 e. The number of nitrogen functional groups attached to an aromatic ring is 1. The van der Waals surface area contributed by atoms with Gasteiger partial charge in [0.1, 0.15) is 0 Å². The summed E-state index contributed by atoms with van der Waals surface area (Å²) in [4.78, 5) is 12.1. The Kier molecular flexibility index (Phi) is 3.82. The van der Waals surface area contributed by atoms with E-state index in [1.54, 1.807) is 12.1 Å². The molecule has 0 spiro atoms. The standard InChI is InChI=1S/C15H18N2O/c1-2-3-10-17-15(18)13-8-9-14(16)12-7-5-4-6-11(12)13/h4-9H,2-3,10,16H2,1H3,(H,17,18). The predicted octanol–water partition coefficient (Wildman–Crippen LogP) is 2.95. The predicted molar refractivity (Wildman–Crippen MR) is 75.6 cm³/mol. The number of rotatable bonds is 4. The van der Waals surface area contributed by atoms with Crippen molar-refractivity contribution in [2.75, 3.05) is 12.3 Å². The monoisotopic (exact) mass is 242 g/mol. The van der Waals surface area contributed by atoms with Crippen molar-refractivity contribution in [2.24, 2.45) is 0 Å². The second-order valence-corrected chi connectivity index (χ2v) is 4.36. The van der Waals surface area contributed by atoms with E-state index in [4.69, 9.17) is 5.73 Å². The van der Waals surface area contributed by atoms with Crippen LogP contribution in [-0.2, 0) is 0 Å². The minimum atomic E-state index is -0.0281. The molecule has 0 fully saturated rings. The summed E-state index contributed by atoms with van der Waals surface area (Å²) in [6.45, 7) is 2.82. The van der Waals surface area contributed by atoms with Crippen molar-refractivity contribution in [3.63, 3.8) is 0 Å². The fourth-order valence-corrected chi connectivity index (χ4v) is 1.99. The zero-order chi connectivity index (χ0) is 13.0. The van der Waals surface area contributed by atoms with Crippen LogP contribution < -0.4 is 11.1 Å². The molecule has 2 rings (SSSR count). The molecule has 0 aliphatic rings. The average molecular weight is 242 g/mol. The lowest BCUT2D eigenvalue weighted by atomic mass is 10.0. The third-order valence-corrected chi connectivity index (χ3v) is 3.02. The maximum atomic E-state index is 12.1. The van der Waals surface area contributed by atoms with E-state index in [9.17, 15) is 4.79 Å². The molecule has 0 saturated carbocycles. The highest BCUT2D eigenvalue weighted by Crippen LogP contribution is 2.24. The Morgan fingerprint density at radius 2 is 1.89 bits per heavy atom. The summed E-state index contributed by atoms with van der Waals surface area (Å²) in [7, 11) is 0. The smallest absolute Gasteiger partial charge is 0.251 e. The first kappa shape index (κ1) is 12.4. The zero-order valence-electron chi connectivity index (χ0n) is 10.6. The number of hydrogen-bond acceptors (Lipinski definition) is 2. The zero-order valence-corrected chi connectivity index (χ0v) is 10.6. The fourth-order valence-electron chi connectivity index (χ4n) is 1.99. The number of fused-ring (bicyclic) bond motifs is 1. The van der Waals surface area contributed by atoms with Gasteiger partial charge in [-0.2, -0.15) is 0 Å². The summed E-state index contributed by atoms with van der Waals surface area (Å²) in [6.07, 6.45) is 2.07. The van der Waals surface area contributed by atoms with E-state index in [1.807, 2.05) is 24.3 Å². The van der Waals surface area contributed by atoms with Gasteiger partial charge in [0.05, 0.1) is 0 Å². The van der Waals surface area contributed by atoms with Crippen LogP contribution in [0.25, 0.3) is 10.8 Å². The summed E-state index contributed by atoms with van der Waals surface area (Å²) >= 11 is 0. The van der Waals surface area contributed by atoms with Crippen LogP contribution in [-0.4, -0.2) is 12.5 Å². The number of nitrogens with two attached hydrogens (primary N) is 1. The Bertz CT molecular complexity index is 563. The molecule has 0 aliphatic carbocycles. The Balaban J connectivity index is 2.33. The van der Waals surface area contributed by atoms with Crippen LogP contribution >= 0.6 is 0 Å². The molecule has 1 amide bonds. The number of benzene rings is 2. The lowest BCUT2D eigenvalue weighted by molar-refractivity contribution is 0.0955. The number of carbonyl (C=O) groups excluding carboxylic acids is 1. The van der Waals surface area contributed by atoms with Crippen molar-refractivity contribution >= 4 is 22.4 Å². The van der Waals surface area contributed by atoms with Gasteiger partial charge < -0.3 is 11.1 Å².